The third kappa shape index (κ3) is 3.00. The summed E-state index contributed by atoms with van der Waals surface area (Å²) in [6.07, 6.45) is 0.712. The standard InChI is InChI=1S/C27H24N4O3/c1-27(21-11-6-8-17-7-2-3-9-18(17)21)25(33)31(26(34)29-27)16-24(32)30-14-13-23-20(15-30)19-10-4-5-12-22(19)28-23/h2-12,28H,13-16H2,1H3,(H,29,34). The fourth-order valence-corrected chi connectivity index (χ4v) is 5.30. The first kappa shape index (κ1) is 20.5. The highest BCUT2D eigenvalue weighted by molar-refractivity contribution is 6.10. The molecule has 0 saturated carbocycles. The molecular formula is C27H24N4O3. The number of H-pyrrole nitrogens is 1. The predicted molar refractivity (Wildman–Crippen MR) is 129 cm³/mol. The lowest BCUT2D eigenvalue weighted by atomic mass is 9.88. The van der Waals surface area contributed by atoms with Crippen LogP contribution in [0, 0.1) is 0 Å². The second kappa shape index (κ2) is 7.45. The van der Waals surface area contributed by atoms with Crippen LogP contribution in [-0.4, -0.2) is 45.7 Å². The Morgan fingerprint density at radius 2 is 1.71 bits per heavy atom. The number of carbonyl (C=O) groups excluding carboxylic acids is 3. The highest BCUT2D eigenvalue weighted by Gasteiger charge is 2.50. The Morgan fingerprint density at radius 1 is 0.971 bits per heavy atom. The maximum atomic E-state index is 13.5. The van der Waals surface area contributed by atoms with Crippen LogP contribution in [-0.2, 0) is 28.1 Å². The van der Waals surface area contributed by atoms with Crippen molar-refractivity contribution in [2.45, 2.75) is 25.4 Å². The lowest BCUT2D eigenvalue weighted by Gasteiger charge is -2.29. The van der Waals surface area contributed by atoms with Gasteiger partial charge in [-0.15, -0.1) is 0 Å². The summed E-state index contributed by atoms with van der Waals surface area (Å²) in [6, 6.07) is 21.0. The lowest BCUT2D eigenvalue weighted by Crippen LogP contribution is -2.45. The van der Waals surface area contributed by atoms with Crippen LogP contribution < -0.4 is 5.32 Å². The van der Waals surface area contributed by atoms with Crippen LogP contribution in [0.2, 0.25) is 0 Å². The molecule has 1 unspecified atom stereocenters. The van der Waals surface area contributed by atoms with Gasteiger partial charge in [0, 0.05) is 41.7 Å². The van der Waals surface area contributed by atoms with Gasteiger partial charge < -0.3 is 15.2 Å². The topological polar surface area (TPSA) is 85.5 Å². The smallest absolute Gasteiger partial charge is 0.325 e. The van der Waals surface area contributed by atoms with Crippen molar-refractivity contribution in [3.8, 4) is 0 Å². The second-order valence-corrected chi connectivity index (χ2v) is 9.17. The average Bonchev–Trinajstić information content (AvgIpc) is 3.33. The van der Waals surface area contributed by atoms with E-state index in [1.807, 2.05) is 66.7 Å². The summed E-state index contributed by atoms with van der Waals surface area (Å²) in [6.45, 7) is 2.44. The Morgan fingerprint density at radius 3 is 2.56 bits per heavy atom. The van der Waals surface area contributed by atoms with Gasteiger partial charge >= 0.3 is 6.03 Å². The van der Waals surface area contributed by atoms with Gasteiger partial charge in [-0.1, -0.05) is 60.7 Å². The number of aromatic nitrogens is 1. The van der Waals surface area contributed by atoms with E-state index < -0.39 is 17.5 Å². The van der Waals surface area contributed by atoms with Gasteiger partial charge in [0.2, 0.25) is 5.91 Å². The summed E-state index contributed by atoms with van der Waals surface area (Å²) in [4.78, 5) is 45.8. The van der Waals surface area contributed by atoms with Gasteiger partial charge in [0.25, 0.3) is 5.91 Å². The van der Waals surface area contributed by atoms with E-state index in [0.29, 0.717) is 19.5 Å². The first-order chi connectivity index (χ1) is 16.5. The monoisotopic (exact) mass is 452 g/mol. The molecule has 0 aliphatic carbocycles. The normalized spacial score (nSPS) is 20.1. The number of nitrogens with one attached hydrogen (secondary N) is 2. The fourth-order valence-electron chi connectivity index (χ4n) is 5.30. The largest absolute Gasteiger partial charge is 0.358 e. The van der Waals surface area contributed by atoms with E-state index in [4.69, 9.17) is 0 Å². The van der Waals surface area contributed by atoms with Crippen molar-refractivity contribution in [1.82, 2.24) is 20.1 Å². The van der Waals surface area contributed by atoms with Crippen LogP contribution in [0.1, 0.15) is 23.7 Å². The predicted octanol–water partition coefficient (Wildman–Crippen LogP) is 3.67. The number of hydrogen-bond acceptors (Lipinski definition) is 3. The average molecular weight is 453 g/mol. The minimum atomic E-state index is -1.23. The molecule has 4 aromatic rings. The summed E-state index contributed by atoms with van der Waals surface area (Å²) in [5, 5.41) is 5.84. The molecule has 1 saturated heterocycles. The van der Waals surface area contributed by atoms with E-state index >= 15 is 0 Å². The van der Waals surface area contributed by atoms with E-state index in [0.717, 1.165) is 43.4 Å². The molecule has 1 atom stereocenters. The Hall–Kier alpha value is -4.13. The van der Waals surface area contributed by atoms with Crippen molar-refractivity contribution < 1.29 is 14.4 Å². The number of hydrogen-bond donors (Lipinski definition) is 2. The first-order valence-corrected chi connectivity index (χ1v) is 11.4. The number of aromatic amines is 1. The fraction of sp³-hybridized carbons (Fsp3) is 0.222. The molecule has 0 spiro atoms. The first-order valence-electron chi connectivity index (χ1n) is 11.4. The quantitative estimate of drug-likeness (QED) is 0.465. The minimum Gasteiger partial charge on any atom is -0.358 e. The van der Waals surface area contributed by atoms with E-state index in [9.17, 15) is 14.4 Å². The number of nitrogens with zero attached hydrogens (tertiary/aromatic N) is 2. The van der Waals surface area contributed by atoms with Crippen molar-refractivity contribution in [2.75, 3.05) is 13.1 Å². The van der Waals surface area contributed by atoms with Crippen LogP contribution in [0.5, 0.6) is 0 Å². The SMILES string of the molecule is CC1(c2cccc3ccccc23)NC(=O)N(CC(=O)N2CCc3[nH]c4ccccc4c3C2)C1=O. The molecule has 3 aromatic carbocycles. The summed E-state index contributed by atoms with van der Waals surface area (Å²) >= 11 is 0. The Labute approximate surface area is 196 Å². The minimum absolute atomic E-state index is 0.235. The number of carbonyl (C=O) groups is 3. The third-order valence-electron chi connectivity index (χ3n) is 7.13. The van der Waals surface area contributed by atoms with Crippen LogP contribution in [0.4, 0.5) is 4.79 Å². The van der Waals surface area contributed by atoms with Gasteiger partial charge in [0.15, 0.2) is 0 Å². The molecule has 3 heterocycles. The highest BCUT2D eigenvalue weighted by Crippen LogP contribution is 2.34. The maximum Gasteiger partial charge on any atom is 0.325 e. The van der Waals surface area contributed by atoms with Crippen molar-refractivity contribution in [2.24, 2.45) is 0 Å². The molecule has 7 nitrogen and oxygen atoms in total. The zero-order valence-electron chi connectivity index (χ0n) is 18.8. The number of fused-ring (bicyclic) bond motifs is 4. The van der Waals surface area contributed by atoms with Gasteiger partial charge in [0.05, 0.1) is 0 Å². The molecule has 0 bridgehead atoms. The van der Waals surface area contributed by atoms with Gasteiger partial charge in [-0.2, -0.15) is 0 Å². The molecule has 0 radical (unpaired) electrons. The van der Waals surface area contributed by atoms with E-state index in [-0.39, 0.29) is 12.5 Å². The molecule has 7 heteroatoms. The van der Waals surface area contributed by atoms with Gasteiger partial charge in [0.1, 0.15) is 12.1 Å². The number of benzene rings is 3. The Balaban J connectivity index is 1.25. The van der Waals surface area contributed by atoms with Crippen molar-refractivity contribution in [3.63, 3.8) is 0 Å². The number of rotatable bonds is 3. The van der Waals surface area contributed by atoms with Crippen molar-refractivity contribution in [3.05, 3.63) is 83.6 Å². The molecule has 6 rings (SSSR count). The van der Waals surface area contributed by atoms with Crippen LogP contribution >= 0.6 is 0 Å². The summed E-state index contributed by atoms with van der Waals surface area (Å²) in [5.74, 6) is -0.645. The van der Waals surface area contributed by atoms with E-state index in [1.165, 1.54) is 0 Å². The lowest BCUT2D eigenvalue weighted by molar-refractivity contribution is -0.139. The molecule has 2 aliphatic rings. The third-order valence-corrected chi connectivity index (χ3v) is 7.13. The number of para-hydroxylation sites is 1. The zero-order valence-corrected chi connectivity index (χ0v) is 18.8. The van der Waals surface area contributed by atoms with E-state index in [1.54, 1.807) is 11.8 Å². The molecule has 2 N–H and O–H groups in total. The molecule has 34 heavy (non-hydrogen) atoms. The number of urea groups is 1. The number of amides is 4. The van der Waals surface area contributed by atoms with Crippen molar-refractivity contribution in [1.29, 1.82) is 0 Å². The number of imide groups is 1. The van der Waals surface area contributed by atoms with Crippen molar-refractivity contribution >= 4 is 39.5 Å². The Bertz CT molecular complexity index is 1480. The highest BCUT2D eigenvalue weighted by atomic mass is 16.2. The second-order valence-electron chi connectivity index (χ2n) is 9.17. The van der Waals surface area contributed by atoms with Gasteiger partial charge in [-0.25, -0.2) is 4.79 Å². The summed E-state index contributed by atoms with van der Waals surface area (Å²) in [5.41, 5.74) is 2.79. The summed E-state index contributed by atoms with van der Waals surface area (Å²) < 4.78 is 0. The van der Waals surface area contributed by atoms with Crippen LogP contribution in [0.3, 0.4) is 0 Å². The Kier molecular flexibility index (Phi) is 4.49. The summed E-state index contributed by atoms with van der Waals surface area (Å²) in [7, 11) is 0. The van der Waals surface area contributed by atoms with Gasteiger partial charge in [-0.3, -0.25) is 14.5 Å². The molecule has 170 valence electrons. The molecule has 1 aromatic heterocycles. The van der Waals surface area contributed by atoms with Crippen LogP contribution in [0.25, 0.3) is 21.7 Å². The molecule has 2 aliphatic heterocycles. The molecule has 4 amide bonds. The zero-order chi connectivity index (χ0) is 23.4. The molecule has 1 fully saturated rings. The molecular weight excluding hydrogens is 428 g/mol. The van der Waals surface area contributed by atoms with Gasteiger partial charge in [-0.05, 0) is 29.3 Å². The van der Waals surface area contributed by atoms with Crippen LogP contribution in [0.15, 0.2) is 66.7 Å². The van der Waals surface area contributed by atoms with E-state index in [2.05, 4.69) is 10.3 Å². The maximum absolute atomic E-state index is 13.5.